The molecule has 0 spiro atoms. The van der Waals surface area contributed by atoms with Crippen molar-refractivity contribution in [1.29, 1.82) is 0 Å². The summed E-state index contributed by atoms with van der Waals surface area (Å²) in [6.45, 7) is 4.77. The Hall–Kier alpha value is -1.10. The van der Waals surface area contributed by atoms with Crippen molar-refractivity contribution in [2.45, 2.75) is 26.3 Å². The van der Waals surface area contributed by atoms with Crippen LogP contribution in [0.2, 0.25) is 0 Å². The van der Waals surface area contributed by atoms with Crippen LogP contribution in [0.15, 0.2) is 0 Å². The number of carboxylic acids is 1. The van der Waals surface area contributed by atoms with E-state index in [1.165, 1.54) is 6.92 Å². The van der Waals surface area contributed by atoms with Gasteiger partial charge in [-0.1, -0.05) is 6.92 Å². The van der Waals surface area contributed by atoms with Crippen molar-refractivity contribution in [2.24, 2.45) is 0 Å². The first-order chi connectivity index (χ1) is 6.07. The lowest BCUT2D eigenvalue weighted by atomic mass is 10.3. The second-order valence-electron chi connectivity index (χ2n) is 2.73. The van der Waals surface area contributed by atoms with Crippen molar-refractivity contribution in [3.05, 3.63) is 0 Å². The van der Waals surface area contributed by atoms with E-state index in [1.807, 2.05) is 6.92 Å². The standard InChI is InChI=1S/C8H16N2O3/c1-3-9-5-4-7(11)10-6(2)8(12)13/h6,9H,3-5H2,1-2H3,(H,10,11)(H,12,13)/t6-/m0/s1. The van der Waals surface area contributed by atoms with Gasteiger partial charge in [-0.3, -0.25) is 9.59 Å². The van der Waals surface area contributed by atoms with Gasteiger partial charge in [-0.15, -0.1) is 0 Å². The highest BCUT2D eigenvalue weighted by molar-refractivity contribution is 5.83. The number of aliphatic carboxylic acids is 1. The average molecular weight is 188 g/mol. The van der Waals surface area contributed by atoms with Crippen LogP contribution in [-0.4, -0.2) is 36.1 Å². The van der Waals surface area contributed by atoms with E-state index in [1.54, 1.807) is 0 Å². The van der Waals surface area contributed by atoms with Gasteiger partial charge in [-0.05, 0) is 13.5 Å². The highest BCUT2D eigenvalue weighted by Gasteiger charge is 2.12. The Morgan fingerprint density at radius 3 is 2.54 bits per heavy atom. The normalized spacial score (nSPS) is 12.2. The zero-order valence-corrected chi connectivity index (χ0v) is 7.96. The van der Waals surface area contributed by atoms with E-state index < -0.39 is 12.0 Å². The molecular formula is C8H16N2O3. The third kappa shape index (κ3) is 6.10. The first-order valence-corrected chi connectivity index (χ1v) is 4.30. The fourth-order valence-electron chi connectivity index (χ4n) is 0.754. The molecule has 76 valence electrons. The van der Waals surface area contributed by atoms with Gasteiger partial charge in [0.25, 0.3) is 0 Å². The molecule has 0 radical (unpaired) electrons. The third-order valence-electron chi connectivity index (χ3n) is 1.53. The molecule has 0 saturated heterocycles. The molecule has 0 bridgehead atoms. The van der Waals surface area contributed by atoms with E-state index in [4.69, 9.17) is 5.11 Å². The average Bonchev–Trinajstić information content (AvgIpc) is 2.04. The fourth-order valence-corrected chi connectivity index (χ4v) is 0.754. The number of carbonyl (C=O) groups excluding carboxylic acids is 1. The summed E-state index contributed by atoms with van der Waals surface area (Å²) in [6.07, 6.45) is 0.311. The molecule has 0 unspecified atom stereocenters. The van der Waals surface area contributed by atoms with E-state index in [0.717, 1.165) is 6.54 Å². The monoisotopic (exact) mass is 188 g/mol. The Kier molecular flexibility index (Phi) is 5.88. The van der Waals surface area contributed by atoms with Crippen molar-refractivity contribution in [3.8, 4) is 0 Å². The zero-order chi connectivity index (χ0) is 10.3. The molecule has 0 saturated carbocycles. The van der Waals surface area contributed by atoms with Crippen molar-refractivity contribution < 1.29 is 14.7 Å². The molecule has 0 aliphatic carbocycles. The van der Waals surface area contributed by atoms with Crippen LogP contribution in [0.5, 0.6) is 0 Å². The van der Waals surface area contributed by atoms with Gasteiger partial charge in [-0.25, -0.2) is 0 Å². The smallest absolute Gasteiger partial charge is 0.325 e. The van der Waals surface area contributed by atoms with Crippen LogP contribution in [0.25, 0.3) is 0 Å². The van der Waals surface area contributed by atoms with Gasteiger partial charge in [0.15, 0.2) is 0 Å². The Morgan fingerprint density at radius 1 is 1.46 bits per heavy atom. The molecule has 13 heavy (non-hydrogen) atoms. The molecule has 1 atom stereocenters. The van der Waals surface area contributed by atoms with Gasteiger partial charge in [0.2, 0.25) is 5.91 Å². The molecule has 1 amide bonds. The first kappa shape index (κ1) is 11.9. The molecule has 0 rings (SSSR count). The molecule has 0 aromatic carbocycles. The molecule has 3 N–H and O–H groups in total. The van der Waals surface area contributed by atoms with Crippen molar-refractivity contribution in [3.63, 3.8) is 0 Å². The number of nitrogens with one attached hydrogen (secondary N) is 2. The largest absolute Gasteiger partial charge is 0.480 e. The van der Waals surface area contributed by atoms with E-state index in [9.17, 15) is 9.59 Å². The maximum Gasteiger partial charge on any atom is 0.325 e. The number of hydrogen-bond acceptors (Lipinski definition) is 3. The Morgan fingerprint density at radius 2 is 2.08 bits per heavy atom. The van der Waals surface area contributed by atoms with Crippen LogP contribution >= 0.6 is 0 Å². The summed E-state index contributed by atoms with van der Waals surface area (Å²) < 4.78 is 0. The Bertz CT molecular complexity index is 182. The van der Waals surface area contributed by atoms with Crippen molar-refractivity contribution in [1.82, 2.24) is 10.6 Å². The number of amides is 1. The minimum atomic E-state index is -1.02. The lowest BCUT2D eigenvalue weighted by Gasteiger charge is -2.08. The SMILES string of the molecule is CCNCCC(=O)N[C@@H](C)C(=O)O. The molecule has 0 aliphatic heterocycles. The number of carbonyl (C=O) groups is 2. The predicted molar refractivity (Wildman–Crippen MR) is 48.4 cm³/mol. The Labute approximate surface area is 77.5 Å². The summed E-state index contributed by atoms with van der Waals surface area (Å²) >= 11 is 0. The summed E-state index contributed by atoms with van der Waals surface area (Å²) in [5, 5.41) is 13.8. The molecule has 0 aromatic rings. The summed E-state index contributed by atoms with van der Waals surface area (Å²) in [7, 11) is 0. The van der Waals surface area contributed by atoms with Crippen LogP contribution in [0, 0.1) is 0 Å². The first-order valence-electron chi connectivity index (χ1n) is 4.30. The van der Waals surface area contributed by atoms with E-state index >= 15 is 0 Å². The zero-order valence-electron chi connectivity index (χ0n) is 7.96. The minimum Gasteiger partial charge on any atom is -0.480 e. The summed E-state index contributed by atoms with van der Waals surface area (Å²) in [4.78, 5) is 21.4. The van der Waals surface area contributed by atoms with Gasteiger partial charge in [-0.2, -0.15) is 0 Å². The van der Waals surface area contributed by atoms with Gasteiger partial charge in [0, 0.05) is 13.0 Å². The van der Waals surface area contributed by atoms with Gasteiger partial charge in [0.05, 0.1) is 0 Å². The maximum absolute atomic E-state index is 11.0. The van der Waals surface area contributed by atoms with Crippen LogP contribution in [0.3, 0.4) is 0 Å². The van der Waals surface area contributed by atoms with Crippen LogP contribution in [0.1, 0.15) is 20.3 Å². The minimum absolute atomic E-state index is 0.240. The number of carboxylic acid groups (broad SMARTS) is 1. The highest BCUT2D eigenvalue weighted by atomic mass is 16.4. The molecule has 5 nitrogen and oxygen atoms in total. The molecule has 0 fully saturated rings. The van der Waals surface area contributed by atoms with Gasteiger partial charge < -0.3 is 15.7 Å². The molecular weight excluding hydrogens is 172 g/mol. The fraction of sp³-hybridized carbons (Fsp3) is 0.750. The molecule has 0 heterocycles. The molecule has 0 aliphatic rings. The quantitative estimate of drug-likeness (QED) is 0.494. The molecule has 5 heteroatoms. The van der Waals surface area contributed by atoms with Crippen molar-refractivity contribution in [2.75, 3.05) is 13.1 Å². The number of rotatable bonds is 6. The second-order valence-corrected chi connectivity index (χ2v) is 2.73. The van der Waals surface area contributed by atoms with E-state index in [-0.39, 0.29) is 5.91 Å². The number of hydrogen-bond donors (Lipinski definition) is 3. The predicted octanol–water partition coefficient (Wildman–Crippen LogP) is -0.425. The summed E-state index contributed by atoms with van der Waals surface area (Å²) in [5.74, 6) is -1.26. The van der Waals surface area contributed by atoms with Crippen LogP contribution < -0.4 is 10.6 Å². The molecule has 0 aromatic heterocycles. The summed E-state index contributed by atoms with van der Waals surface area (Å²) in [5.41, 5.74) is 0. The lowest BCUT2D eigenvalue weighted by molar-refractivity contribution is -0.141. The van der Waals surface area contributed by atoms with Crippen LogP contribution in [-0.2, 0) is 9.59 Å². The lowest BCUT2D eigenvalue weighted by Crippen LogP contribution is -2.39. The third-order valence-corrected chi connectivity index (χ3v) is 1.53. The highest BCUT2D eigenvalue weighted by Crippen LogP contribution is 1.84. The van der Waals surface area contributed by atoms with Crippen molar-refractivity contribution >= 4 is 11.9 Å². The van der Waals surface area contributed by atoms with Gasteiger partial charge >= 0.3 is 5.97 Å². The second kappa shape index (κ2) is 6.42. The van der Waals surface area contributed by atoms with E-state index in [0.29, 0.717) is 13.0 Å². The summed E-state index contributed by atoms with van der Waals surface area (Å²) in [6, 6.07) is -0.811. The topological polar surface area (TPSA) is 78.4 Å². The van der Waals surface area contributed by atoms with Crippen LogP contribution in [0.4, 0.5) is 0 Å². The van der Waals surface area contributed by atoms with Gasteiger partial charge in [0.1, 0.15) is 6.04 Å². The Balaban J connectivity index is 3.56. The van der Waals surface area contributed by atoms with E-state index in [2.05, 4.69) is 10.6 Å². The maximum atomic E-state index is 11.0.